The van der Waals surface area contributed by atoms with Gasteiger partial charge >= 0.3 is 0 Å². The fourth-order valence-corrected chi connectivity index (χ4v) is 2.17. The highest BCUT2D eigenvalue weighted by molar-refractivity contribution is 5.85. The standard InChI is InChI=1S/C16H24N2O3.ClH/c1-2-8-21-15-5-3-13(4-6-15)11-18-16(19)10-14-12-20-9-7-17-14;/h3-6,14,17H,2,7-12H2,1H3,(H,18,19);1H. The molecule has 1 unspecified atom stereocenters. The van der Waals surface area contributed by atoms with Crippen molar-refractivity contribution in [3.8, 4) is 5.75 Å². The lowest BCUT2D eigenvalue weighted by atomic mass is 10.1. The third-order valence-corrected chi connectivity index (χ3v) is 3.32. The van der Waals surface area contributed by atoms with Crippen LogP contribution in [0.1, 0.15) is 25.3 Å². The van der Waals surface area contributed by atoms with E-state index in [1.54, 1.807) is 0 Å². The maximum Gasteiger partial charge on any atom is 0.221 e. The summed E-state index contributed by atoms with van der Waals surface area (Å²) >= 11 is 0. The normalized spacial score (nSPS) is 17.4. The van der Waals surface area contributed by atoms with Crippen LogP contribution in [0.4, 0.5) is 0 Å². The minimum Gasteiger partial charge on any atom is -0.494 e. The first-order valence-electron chi connectivity index (χ1n) is 7.57. The highest BCUT2D eigenvalue weighted by Crippen LogP contribution is 2.12. The molecular formula is C16H25ClN2O3. The summed E-state index contributed by atoms with van der Waals surface area (Å²) in [6.07, 6.45) is 1.45. The van der Waals surface area contributed by atoms with Crippen LogP contribution in [0.2, 0.25) is 0 Å². The van der Waals surface area contributed by atoms with Crippen molar-refractivity contribution in [2.45, 2.75) is 32.4 Å². The Balaban J connectivity index is 0.00000242. The van der Waals surface area contributed by atoms with Crippen molar-refractivity contribution in [3.05, 3.63) is 29.8 Å². The first-order valence-corrected chi connectivity index (χ1v) is 7.57. The van der Waals surface area contributed by atoms with Crippen molar-refractivity contribution < 1.29 is 14.3 Å². The third kappa shape index (κ3) is 6.64. The predicted octanol–water partition coefficient (Wildman–Crippen LogP) is 1.89. The number of nitrogens with one attached hydrogen (secondary N) is 2. The van der Waals surface area contributed by atoms with Gasteiger partial charge in [-0.1, -0.05) is 19.1 Å². The lowest BCUT2D eigenvalue weighted by Gasteiger charge is -2.23. The Hall–Kier alpha value is -1.30. The van der Waals surface area contributed by atoms with E-state index in [4.69, 9.17) is 9.47 Å². The molecule has 0 radical (unpaired) electrons. The van der Waals surface area contributed by atoms with E-state index in [1.807, 2.05) is 24.3 Å². The monoisotopic (exact) mass is 328 g/mol. The molecule has 0 spiro atoms. The van der Waals surface area contributed by atoms with Crippen LogP contribution in [0.15, 0.2) is 24.3 Å². The Kier molecular flexibility index (Phi) is 8.89. The molecule has 2 N–H and O–H groups in total. The van der Waals surface area contributed by atoms with Gasteiger partial charge in [0.25, 0.3) is 0 Å². The molecule has 124 valence electrons. The summed E-state index contributed by atoms with van der Waals surface area (Å²) in [6.45, 7) is 5.50. The zero-order valence-corrected chi connectivity index (χ0v) is 13.8. The molecule has 0 saturated carbocycles. The number of rotatable bonds is 7. The average molecular weight is 329 g/mol. The molecule has 0 aromatic heterocycles. The van der Waals surface area contributed by atoms with Crippen LogP contribution in [0.25, 0.3) is 0 Å². The minimum absolute atomic E-state index is 0. The SMILES string of the molecule is CCCOc1ccc(CNC(=O)CC2COCCN2)cc1.Cl. The van der Waals surface area contributed by atoms with Gasteiger partial charge < -0.3 is 20.1 Å². The number of carbonyl (C=O) groups is 1. The smallest absolute Gasteiger partial charge is 0.221 e. The van der Waals surface area contributed by atoms with E-state index in [1.165, 1.54) is 0 Å². The molecule has 1 saturated heterocycles. The molecule has 1 aliphatic rings. The number of ether oxygens (including phenoxy) is 2. The molecule has 2 rings (SSSR count). The number of hydrogen-bond acceptors (Lipinski definition) is 4. The molecule has 22 heavy (non-hydrogen) atoms. The third-order valence-electron chi connectivity index (χ3n) is 3.32. The van der Waals surface area contributed by atoms with Crippen LogP contribution in [0.5, 0.6) is 5.75 Å². The summed E-state index contributed by atoms with van der Waals surface area (Å²) in [4.78, 5) is 11.9. The largest absolute Gasteiger partial charge is 0.494 e. The number of halogens is 1. The molecular weight excluding hydrogens is 304 g/mol. The van der Waals surface area contributed by atoms with Crippen LogP contribution >= 0.6 is 12.4 Å². The first kappa shape index (κ1) is 18.7. The zero-order chi connectivity index (χ0) is 14.9. The molecule has 1 aliphatic heterocycles. The summed E-state index contributed by atoms with van der Waals surface area (Å²) in [5.41, 5.74) is 1.07. The van der Waals surface area contributed by atoms with Gasteiger partial charge in [0.05, 0.1) is 19.8 Å². The molecule has 1 amide bonds. The van der Waals surface area contributed by atoms with Crippen LogP contribution in [-0.4, -0.2) is 38.3 Å². The summed E-state index contributed by atoms with van der Waals surface area (Å²) in [5.74, 6) is 0.916. The van der Waals surface area contributed by atoms with E-state index in [2.05, 4.69) is 17.6 Å². The Labute approximate surface area is 138 Å². The van der Waals surface area contributed by atoms with Crippen molar-refractivity contribution in [2.24, 2.45) is 0 Å². The van der Waals surface area contributed by atoms with Gasteiger partial charge in [0.2, 0.25) is 5.91 Å². The van der Waals surface area contributed by atoms with Crippen molar-refractivity contribution >= 4 is 18.3 Å². The predicted molar refractivity (Wildman–Crippen MR) is 88.5 cm³/mol. The molecule has 5 nitrogen and oxygen atoms in total. The number of carbonyl (C=O) groups excluding carboxylic acids is 1. The lowest BCUT2D eigenvalue weighted by molar-refractivity contribution is -0.122. The van der Waals surface area contributed by atoms with Crippen molar-refractivity contribution in [1.29, 1.82) is 0 Å². The Morgan fingerprint density at radius 2 is 2.18 bits per heavy atom. The average Bonchev–Trinajstić information content (AvgIpc) is 2.53. The van der Waals surface area contributed by atoms with Gasteiger partial charge in [-0.3, -0.25) is 4.79 Å². The van der Waals surface area contributed by atoms with E-state index in [-0.39, 0.29) is 24.4 Å². The van der Waals surface area contributed by atoms with Crippen LogP contribution in [0, 0.1) is 0 Å². The molecule has 0 bridgehead atoms. The molecule has 1 aromatic rings. The Morgan fingerprint density at radius 1 is 1.41 bits per heavy atom. The second kappa shape index (κ2) is 10.4. The second-order valence-corrected chi connectivity index (χ2v) is 5.20. The maximum atomic E-state index is 11.9. The van der Waals surface area contributed by atoms with E-state index in [9.17, 15) is 4.79 Å². The van der Waals surface area contributed by atoms with Gasteiger partial charge in [-0.25, -0.2) is 0 Å². The van der Waals surface area contributed by atoms with E-state index < -0.39 is 0 Å². The quantitative estimate of drug-likeness (QED) is 0.802. The first-order chi connectivity index (χ1) is 10.3. The van der Waals surface area contributed by atoms with Gasteiger partial charge in [0.1, 0.15) is 5.75 Å². The van der Waals surface area contributed by atoms with Gasteiger partial charge in [-0.05, 0) is 24.1 Å². The van der Waals surface area contributed by atoms with Gasteiger partial charge in [-0.15, -0.1) is 12.4 Å². The molecule has 0 aliphatic carbocycles. The summed E-state index contributed by atoms with van der Waals surface area (Å²) in [7, 11) is 0. The molecule has 1 atom stereocenters. The summed E-state index contributed by atoms with van der Waals surface area (Å²) < 4.78 is 10.9. The number of hydrogen-bond donors (Lipinski definition) is 2. The fraction of sp³-hybridized carbons (Fsp3) is 0.562. The van der Waals surface area contributed by atoms with Crippen molar-refractivity contribution in [3.63, 3.8) is 0 Å². The highest BCUT2D eigenvalue weighted by Gasteiger charge is 2.16. The Morgan fingerprint density at radius 3 is 2.82 bits per heavy atom. The maximum absolute atomic E-state index is 11.9. The van der Waals surface area contributed by atoms with E-state index in [0.29, 0.717) is 19.6 Å². The van der Waals surface area contributed by atoms with Crippen LogP contribution in [0.3, 0.4) is 0 Å². The van der Waals surface area contributed by atoms with Gasteiger partial charge in [0.15, 0.2) is 0 Å². The minimum atomic E-state index is 0. The molecule has 1 aromatic carbocycles. The topological polar surface area (TPSA) is 59.6 Å². The van der Waals surface area contributed by atoms with Crippen LogP contribution in [-0.2, 0) is 16.1 Å². The van der Waals surface area contributed by atoms with E-state index >= 15 is 0 Å². The molecule has 1 fully saturated rings. The fourth-order valence-electron chi connectivity index (χ4n) is 2.17. The number of amides is 1. The molecule has 1 heterocycles. The lowest BCUT2D eigenvalue weighted by Crippen LogP contribution is -2.44. The van der Waals surface area contributed by atoms with Gasteiger partial charge in [0, 0.05) is 25.6 Å². The van der Waals surface area contributed by atoms with E-state index in [0.717, 1.165) is 37.5 Å². The molecule has 6 heteroatoms. The Bertz CT molecular complexity index is 434. The summed E-state index contributed by atoms with van der Waals surface area (Å²) in [5, 5.41) is 6.21. The highest BCUT2D eigenvalue weighted by atomic mass is 35.5. The zero-order valence-electron chi connectivity index (χ0n) is 13.0. The van der Waals surface area contributed by atoms with Crippen LogP contribution < -0.4 is 15.4 Å². The number of morpholine rings is 1. The van der Waals surface area contributed by atoms with Crippen molar-refractivity contribution in [1.82, 2.24) is 10.6 Å². The number of benzene rings is 1. The van der Waals surface area contributed by atoms with Gasteiger partial charge in [-0.2, -0.15) is 0 Å². The second-order valence-electron chi connectivity index (χ2n) is 5.20. The van der Waals surface area contributed by atoms with Crippen molar-refractivity contribution in [2.75, 3.05) is 26.4 Å². The summed E-state index contributed by atoms with van der Waals surface area (Å²) in [6, 6.07) is 7.96.